The number of rotatable bonds is 19. The van der Waals surface area contributed by atoms with E-state index < -0.39 is 17.7 Å². The molecule has 9 heteroatoms. The number of carbonyl (C=O) groups is 3. The summed E-state index contributed by atoms with van der Waals surface area (Å²) in [6.07, 6.45) is 4.22. The number of ether oxygens (including phenoxy) is 4. The van der Waals surface area contributed by atoms with Gasteiger partial charge >= 0.3 is 11.9 Å². The van der Waals surface area contributed by atoms with Crippen LogP contribution < -0.4 is 0 Å². The van der Waals surface area contributed by atoms with Gasteiger partial charge in [0.2, 0.25) is 5.78 Å². The van der Waals surface area contributed by atoms with Crippen molar-refractivity contribution in [3.63, 3.8) is 0 Å². The lowest BCUT2D eigenvalue weighted by atomic mass is 10.2. The highest BCUT2D eigenvalue weighted by Gasteiger charge is 2.13. The van der Waals surface area contributed by atoms with Crippen molar-refractivity contribution >= 4 is 40.3 Å². The average molecular weight is 488 g/mol. The first-order chi connectivity index (χ1) is 12.6. The second-order valence-corrected chi connectivity index (χ2v) is 6.47. The maximum Gasteiger partial charge on any atom is 0.372 e. The van der Waals surface area contributed by atoms with Crippen LogP contribution in [0.25, 0.3) is 0 Å². The zero-order chi connectivity index (χ0) is 19.5. The fraction of sp³-hybridized carbons (Fsp3) is 0.824. The van der Waals surface area contributed by atoms with Gasteiger partial charge in [0.05, 0.1) is 39.5 Å². The van der Waals surface area contributed by atoms with Crippen LogP contribution >= 0.6 is 22.6 Å². The summed E-state index contributed by atoms with van der Waals surface area (Å²) in [5, 5.41) is 8.37. The number of carboxylic acid groups (broad SMARTS) is 1. The number of ketones is 1. The topological polar surface area (TPSA) is 108 Å². The molecule has 152 valence electrons. The van der Waals surface area contributed by atoms with Crippen LogP contribution in [0.4, 0.5) is 0 Å². The molecular weight excluding hydrogens is 459 g/mol. The van der Waals surface area contributed by atoms with Crippen LogP contribution in [0.2, 0.25) is 0 Å². The van der Waals surface area contributed by atoms with Gasteiger partial charge in [-0.05, 0) is 17.3 Å². The summed E-state index contributed by atoms with van der Waals surface area (Å²) >= 11 is 2.39. The first kappa shape index (κ1) is 25.2. The Balaban J connectivity index is 3.20. The van der Waals surface area contributed by atoms with E-state index >= 15 is 0 Å². The monoisotopic (exact) mass is 488 g/mol. The van der Waals surface area contributed by atoms with Gasteiger partial charge in [0.1, 0.15) is 6.61 Å². The smallest absolute Gasteiger partial charge is 0.372 e. The number of halogens is 1. The molecule has 0 bridgehead atoms. The van der Waals surface area contributed by atoms with Gasteiger partial charge in [-0.2, -0.15) is 0 Å². The van der Waals surface area contributed by atoms with Gasteiger partial charge in [0.25, 0.3) is 0 Å². The van der Waals surface area contributed by atoms with E-state index in [9.17, 15) is 14.4 Å². The molecule has 0 saturated heterocycles. The summed E-state index contributed by atoms with van der Waals surface area (Å²) in [5.41, 5.74) is 0. The first-order valence-electron chi connectivity index (χ1n) is 8.79. The standard InChI is InChI=1S/C17H29IO8/c18-7-3-1-2-4-8-23-9-10-24-11-12-25-13-14-26-16(20)6-5-15(19)17(21)22/h1-14H2,(H,21,22). The molecular formula is C17H29IO8. The lowest BCUT2D eigenvalue weighted by Gasteiger charge is -2.07. The Morgan fingerprint density at radius 3 is 1.81 bits per heavy atom. The average Bonchev–Trinajstić information content (AvgIpc) is 2.62. The van der Waals surface area contributed by atoms with Gasteiger partial charge in [-0.25, -0.2) is 4.79 Å². The molecule has 0 aliphatic carbocycles. The van der Waals surface area contributed by atoms with Crippen molar-refractivity contribution in [3.8, 4) is 0 Å². The Hall–Kier alpha value is -0.780. The molecule has 0 fully saturated rings. The summed E-state index contributed by atoms with van der Waals surface area (Å²) < 4.78 is 22.0. The number of carboxylic acids is 1. The van der Waals surface area contributed by atoms with E-state index in [1.807, 2.05) is 0 Å². The summed E-state index contributed by atoms with van der Waals surface area (Å²) in [6.45, 7) is 2.94. The summed E-state index contributed by atoms with van der Waals surface area (Å²) in [5.74, 6) is -3.17. The summed E-state index contributed by atoms with van der Waals surface area (Å²) in [7, 11) is 0. The van der Waals surface area contributed by atoms with Crippen LogP contribution in [0.15, 0.2) is 0 Å². The van der Waals surface area contributed by atoms with Crippen LogP contribution in [-0.2, 0) is 33.3 Å². The predicted octanol–water partition coefficient (Wildman–Crippen LogP) is 2.01. The number of unbranched alkanes of at least 4 members (excludes halogenated alkanes) is 3. The molecule has 0 radical (unpaired) electrons. The Labute approximate surface area is 168 Å². The van der Waals surface area contributed by atoms with E-state index in [0.29, 0.717) is 26.4 Å². The third kappa shape index (κ3) is 18.0. The highest BCUT2D eigenvalue weighted by molar-refractivity contribution is 14.1. The Bertz CT molecular complexity index is 389. The second kappa shape index (κ2) is 19.0. The molecule has 0 amide bonds. The van der Waals surface area contributed by atoms with Gasteiger partial charge in [0, 0.05) is 13.0 Å². The van der Waals surface area contributed by atoms with Crippen molar-refractivity contribution in [3.05, 3.63) is 0 Å². The molecule has 0 aliphatic rings. The maximum atomic E-state index is 11.2. The van der Waals surface area contributed by atoms with E-state index in [0.717, 1.165) is 13.0 Å². The van der Waals surface area contributed by atoms with Crippen molar-refractivity contribution in [1.29, 1.82) is 0 Å². The SMILES string of the molecule is O=C(CCC(=O)C(=O)O)OCCOCCOCCOCCCCCCI. The van der Waals surface area contributed by atoms with Crippen LogP contribution in [0.5, 0.6) is 0 Å². The van der Waals surface area contributed by atoms with Crippen LogP contribution in [0, 0.1) is 0 Å². The molecule has 0 aliphatic heterocycles. The number of hydrogen-bond donors (Lipinski definition) is 1. The lowest BCUT2D eigenvalue weighted by Crippen LogP contribution is -2.17. The molecule has 0 unspecified atom stereocenters. The highest BCUT2D eigenvalue weighted by Crippen LogP contribution is 2.02. The van der Waals surface area contributed by atoms with Crippen molar-refractivity contribution in [2.45, 2.75) is 38.5 Å². The third-order valence-corrected chi connectivity index (χ3v) is 3.96. The summed E-state index contributed by atoms with van der Waals surface area (Å²) in [4.78, 5) is 32.3. The lowest BCUT2D eigenvalue weighted by molar-refractivity contribution is -0.151. The minimum Gasteiger partial charge on any atom is -0.476 e. The van der Waals surface area contributed by atoms with Gasteiger partial charge < -0.3 is 24.1 Å². The Morgan fingerprint density at radius 2 is 1.23 bits per heavy atom. The molecule has 0 aromatic carbocycles. The van der Waals surface area contributed by atoms with E-state index in [-0.39, 0.29) is 26.1 Å². The number of aliphatic carboxylic acids is 1. The molecule has 1 N–H and O–H groups in total. The molecule has 0 saturated carbocycles. The van der Waals surface area contributed by atoms with Crippen LogP contribution in [0.3, 0.4) is 0 Å². The molecule has 0 rings (SSSR count). The van der Waals surface area contributed by atoms with Crippen molar-refractivity contribution in [1.82, 2.24) is 0 Å². The highest BCUT2D eigenvalue weighted by atomic mass is 127. The number of alkyl halides is 1. The number of carbonyl (C=O) groups excluding carboxylic acids is 2. The van der Waals surface area contributed by atoms with E-state index in [1.54, 1.807) is 0 Å². The van der Waals surface area contributed by atoms with Gasteiger partial charge in [-0.3, -0.25) is 9.59 Å². The minimum absolute atomic E-state index is 0.0563. The van der Waals surface area contributed by atoms with Gasteiger partial charge in [-0.15, -0.1) is 0 Å². The molecule has 0 aromatic heterocycles. The molecule has 0 aromatic rings. The van der Waals surface area contributed by atoms with Crippen molar-refractivity contribution in [2.75, 3.05) is 50.7 Å². The Morgan fingerprint density at radius 1 is 0.692 bits per heavy atom. The molecule has 0 heterocycles. The summed E-state index contributed by atoms with van der Waals surface area (Å²) in [6, 6.07) is 0. The van der Waals surface area contributed by atoms with Crippen molar-refractivity contribution < 1.29 is 38.4 Å². The largest absolute Gasteiger partial charge is 0.476 e. The van der Waals surface area contributed by atoms with Crippen LogP contribution in [-0.4, -0.2) is 73.5 Å². The zero-order valence-corrected chi connectivity index (χ0v) is 17.2. The first-order valence-corrected chi connectivity index (χ1v) is 10.3. The number of Topliss-reactive ketones (excluding diaryl/α,β-unsaturated/α-hetero) is 1. The number of esters is 1. The number of hydrogen-bond acceptors (Lipinski definition) is 7. The molecule has 26 heavy (non-hydrogen) atoms. The molecule has 8 nitrogen and oxygen atoms in total. The second-order valence-electron chi connectivity index (χ2n) is 5.39. The maximum absolute atomic E-state index is 11.2. The van der Waals surface area contributed by atoms with Gasteiger partial charge in [-0.1, -0.05) is 35.4 Å². The van der Waals surface area contributed by atoms with E-state index in [4.69, 9.17) is 24.1 Å². The Kier molecular flexibility index (Phi) is 18.4. The fourth-order valence-electron chi connectivity index (χ4n) is 1.80. The predicted molar refractivity (Wildman–Crippen MR) is 103 cm³/mol. The normalized spacial score (nSPS) is 10.7. The van der Waals surface area contributed by atoms with E-state index in [1.165, 1.54) is 23.7 Å². The zero-order valence-electron chi connectivity index (χ0n) is 15.1. The quantitative estimate of drug-likeness (QED) is 0.0968. The van der Waals surface area contributed by atoms with E-state index in [2.05, 4.69) is 22.6 Å². The van der Waals surface area contributed by atoms with Crippen LogP contribution in [0.1, 0.15) is 38.5 Å². The van der Waals surface area contributed by atoms with Crippen molar-refractivity contribution in [2.24, 2.45) is 0 Å². The minimum atomic E-state index is -1.54. The third-order valence-electron chi connectivity index (χ3n) is 3.20. The fourth-order valence-corrected chi connectivity index (χ4v) is 2.34. The van der Waals surface area contributed by atoms with Gasteiger partial charge in [0.15, 0.2) is 0 Å². The molecule has 0 spiro atoms. The molecule has 0 atom stereocenters.